The maximum Gasteiger partial charge on any atom is 0.223 e. The maximum absolute atomic E-state index is 11.9. The standard InChI is InChI=1S/C11H21N3O/c1-14-7-4-10(8-14)13-11(15)9-2-5-12-6-3-9/h9-10,12H,2-8H2,1H3,(H,13,15). The molecule has 0 aromatic rings. The van der Waals surface area contributed by atoms with Crippen LogP contribution in [0.2, 0.25) is 0 Å². The van der Waals surface area contributed by atoms with E-state index in [9.17, 15) is 4.79 Å². The Morgan fingerprint density at radius 3 is 2.67 bits per heavy atom. The summed E-state index contributed by atoms with van der Waals surface area (Å²) in [5, 5.41) is 6.45. The number of likely N-dealkylation sites (tertiary alicyclic amines) is 1. The summed E-state index contributed by atoms with van der Waals surface area (Å²) >= 11 is 0. The van der Waals surface area contributed by atoms with Crippen LogP contribution in [0.5, 0.6) is 0 Å². The van der Waals surface area contributed by atoms with Crippen molar-refractivity contribution in [3.8, 4) is 0 Å². The van der Waals surface area contributed by atoms with Crippen LogP contribution in [-0.4, -0.2) is 50.1 Å². The van der Waals surface area contributed by atoms with Gasteiger partial charge in [-0.15, -0.1) is 0 Å². The molecule has 2 aliphatic rings. The summed E-state index contributed by atoms with van der Waals surface area (Å²) < 4.78 is 0. The molecule has 4 heteroatoms. The van der Waals surface area contributed by atoms with E-state index in [0.29, 0.717) is 6.04 Å². The molecule has 0 aromatic heterocycles. The summed E-state index contributed by atoms with van der Waals surface area (Å²) in [5.74, 6) is 0.522. The van der Waals surface area contributed by atoms with E-state index in [2.05, 4.69) is 22.6 Å². The zero-order valence-electron chi connectivity index (χ0n) is 9.46. The van der Waals surface area contributed by atoms with E-state index >= 15 is 0 Å². The van der Waals surface area contributed by atoms with E-state index in [4.69, 9.17) is 0 Å². The summed E-state index contributed by atoms with van der Waals surface area (Å²) in [6, 6.07) is 0.386. The maximum atomic E-state index is 11.9. The van der Waals surface area contributed by atoms with Crippen molar-refractivity contribution in [1.29, 1.82) is 0 Å². The molecule has 0 aliphatic carbocycles. The number of rotatable bonds is 2. The van der Waals surface area contributed by atoms with Crippen molar-refractivity contribution in [1.82, 2.24) is 15.5 Å². The van der Waals surface area contributed by atoms with Crippen molar-refractivity contribution in [2.75, 3.05) is 33.2 Å². The van der Waals surface area contributed by atoms with E-state index in [1.54, 1.807) is 0 Å². The Morgan fingerprint density at radius 1 is 1.33 bits per heavy atom. The van der Waals surface area contributed by atoms with Gasteiger partial charge in [-0.1, -0.05) is 0 Å². The number of piperidine rings is 1. The third kappa shape index (κ3) is 2.92. The molecule has 1 amide bonds. The first-order valence-corrected chi connectivity index (χ1v) is 5.95. The van der Waals surface area contributed by atoms with Gasteiger partial charge in [0.1, 0.15) is 0 Å². The molecule has 1 atom stereocenters. The fraction of sp³-hybridized carbons (Fsp3) is 0.909. The van der Waals surface area contributed by atoms with Gasteiger partial charge in [-0.2, -0.15) is 0 Å². The van der Waals surface area contributed by atoms with Crippen LogP contribution in [0.1, 0.15) is 19.3 Å². The Kier molecular flexibility index (Phi) is 3.59. The molecule has 86 valence electrons. The largest absolute Gasteiger partial charge is 0.352 e. The van der Waals surface area contributed by atoms with Gasteiger partial charge in [-0.05, 0) is 45.9 Å². The number of carbonyl (C=O) groups excluding carboxylic acids is 1. The van der Waals surface area contributed by atoms with Gasteiger partial charge in [-0.25, -0.2) is 0 Å². The van der Waals surface area contributed by atoms with Crippen LogP contribution in [0, 0.1) is 5.92 Å². The predicted molar refractivity (Wildman–Crippen MR) is 59.6 cm³/mol. The van der Waals surface area contributed by atoms with Crippen LogP contribution >= 0.6 is 0 Å². The number of likely N-dealkylation sites (N-methyl/N-ethyl adjacent to an activating group) is 1. The summed E-state index contributed by atoms with van der Waals surface area (Å²) in [5.41, 5.74) is 0. The Morgan fingerprint density at radius 2 is 2.07 bits per heavy atom. The molecular weight excluding hydrogens is 190 g/mol. The van der Waals surface area contributed by atoms with E-state index in [-0.39, 0.29) is 11.8 Å². The molecule has 2 N–H and O–H groups in total. The van der Waals surface area contributed by atoms with Crippen molar-refractivity contribution >= 4 is 5.91 Å². The van der Waals surface area contributed by atoms with Crippen LogP contribution < -0.4 is 10.6 Å². The van der Waals surface area contributed by atoms with Gasteiger partial charge in [0.15, 0.2) is 0 Å². The lowest BCUT2D eigenvalue weighted by Gasteiger charge is -2.23. The number of hydrogen-bond acceptors (Lipinski definition) is 3. The molecule has 2 rings (SSSR count). The molecule has 15 heavy (non-hydrogen) atoms. The molecule has 0 saturated carbocycles. The van der Waals surface area contributed by atoms with E-state index < -0.39 is 0 Å². The number of hydrogen-bond donors (Lipinski definition) is 2. The van der Waals surface area contributed by atoms with Crippen molar-refractivity contribution in [3.63, 3.8) is 0 Å². The second-order valence-corrected chi connectivity index (χ2v) is 4.78. The molecule has 0 bridgehead atoms. The van der Waals surface area contributed by atoms with Crippen molar-refractivity contribution in [2.45, 2.75) is 25.3 Å². The van der Waals surface area contributed by atoms with Gasteiger partial charge in [0.05, 0.1) is 0 Å². The molecule has 4 nitrogen and oxygen atoms in total. The third-order valence-electron chi connectivity index (χ3n) is 3.45. The second-order valence-electron chi connectivity index (χ2n) is 4.78. The van der Waals surface area contributed by atoms with E-state index in [0.717, 1.165) is 45.4 Å². The number of carbonyl (C=O) groups is 1. The molecule has 1 unspecified atom stereocenters. The first-order chi connectivity index (χ1) is 7.25. The van der Waals surface area contributed by atoms with Crippen molar-refractivity contribution in [3.05, 3.63) is 0 Å². The summed E-state index contributed by atoms with van der Waals surface area (Å²) in [7, 11) is 2.11. The highest BCUT2D eigenvalue weighted by molar-refractivity contribution is 5.79. The van der Waals surface area contributed by atoms with Gasteiger partial charge in [0.2, 0.25) is 5.91 Å². The minimum atomic E-state index is 0.247. The monoisotopic (exact) mass is 211 g/mol. The molecule has 2 aliphatic heterocycles. The highest BCUT2D eigenvalue weighted by Crippen LogP contribution is 2.13. The van der Waals surface area contributed by atoms with Crippen LogP contribution in [0.3, 0.4) is 0 Å². The van der Waals surface area contributed by atoms with Gasteiger partial charge in [0, 0.05) is 18.5 Å². The molecule has 2 fully saturated rings. The fourth-order valence-electron chi connectivity index (χ4n) is 2.46. The van der Waals surface area contributed by atoms with Crippen LogP contribution in [0.15, 0.2) is 0 Å². The first-order valence-electron chi connectivity index (χ1n) is 5.95. The topological polar surface area (TPSA) is 44.4 Å². The van der Waals surface area contributed by atoms with Gasteiger partial charge in [0.25, 0.3) is 0 Å². The molecule has 0 spiro atoms. The van der Waals surface area contributed by atoms with Crippen molar-refractivity contribution in [2.24, 2.45) is 5.92 Å². The summed E-state index contributed by atoms with van der Waals surface area (Å²) in [6.07, 6.45) is 3.09. The second kappa shape index (κ2) is 4.94. The van der Waals surface area contributed by atoms with Crippen LogP contribution in [-0.2, 0) is 4.79 Å². The SMILES string of the molecule is CN1CCC(NC(=O)C2CCNCC2)C1. The summed E-state index contributed by atoms with van der Waals surface area (Å²) in [6.45, 7) is 4.10. The van der Waals surface area contributed by atoms with Gasteiger partial charge in [-0.3, -0.25) is 4.79 Å². The quantitative estimate of drug-likeness (QED) is 0.665. The lowest BCUT2D eigenvalue weighted by atomic mass is 9.97. The summed E-state index contributed by atoms with van der Waals surface area (Å²) in [4.78, 5) is 14.2. The Bertz CT molecular complexity index is 226. The zero-order chi connectivity index (χ0) is 10.7. The number of nitrogens with zero attached hydrogens (tertiary/aromatic N) is 1. The molecule has 0 radical (unpaired) electrons. The highest BCUT2D eigenvalue weighted by atomic mass is 16.2. The lowest BCUT2D eigenvalue weighted by molar-refractivity contribution is -0.126. The lowest BCUT2D eigenvalue weighted by Crippen LogP contribution is -2.43. The first kappa shape index (κ1) is 10.9. The Labute approximate surface area is 91.4 Å². The number of amides is 1. The normalized spacial score (nSPS) is 29.3. The molecule has 2 heterocycles. The third-order valence-corrected chi connectivity index (χ3v) is 3.45. The number of nitrogens with one attached hydrogen (secondary N) is 2. The Hall–Kier alpha value is -0.610. The molecular formula is C11H21N3O. The average molecular weight is 211 g/mol. The zero-order valence-corrected chi connectivity index (χ0v) is 9.46. The smallest absolute Gasteiger partial charge is 0.223 e. The minimum absolute atomic E-state index is 0.247. The Balaban J connectivity index is 1.76. The fourth-order valence-corrected chi connectivity index (χ4v) is 2.46. The van der Waals surface area contributed by atoms with Gasteiger partial charge >= 0.3 is 0 Å². The van der Waals surface area contributed by atoms with Gasteiger partial charge < -0.3 is 15.5 Å². The molecule has 2 saturated heterocycles. The van der Waals surface area contributed by atoms with E-state index in [1.807, 2.05) is 0 Å². The highest BCUT2D eigenvalue weighted by Gasteiger charge is 2.26. The van der Waals surface area contributed by atoms with Crippen LogP contribution in [0.25, 0.3) is 0 Å². The van der Waals surface area contributed by atoms with E-state index in [1.165, 1.54) is 0 Å². The minimum Gasteiger partial charge on any atom is -0.352 e. The molecule has 0 aromatic carbocycles. The average Bonchev–Trinajstić information content (AvgIpc) is 2.65. The predicted octanol–water partition coefficient (Wildman–Crippen LogP) is -0.194. The van der Waals surface area contributed by atoms with Crippen LogP contribution in [0.4, 0.5) is 0 Å². The van der Waals surface area contributed by atoms with Crippen molar-refractivity contribution < 1.29 is 4.79 Å².